The lowest BCUT2D eigenvalue weighted by Gasteiger charge is -2.38. The molecular formula is C47H39NO3. The normalized spacial score (nSPS) is 18.2. The van der Waals surface area contributed by atoms with E-state index in [9.17, 15) is 0 Å². The molecule has 51 heavy (non-hydrogen) atoms. The fourth-order valence-corrected chi connectivity index (χ4v) is 8.24. The van der Waals surface area contributed by atoms with Crippen molar-refractivity contribution in [3.63, 3.8) is 0 Å². The maximum Gasteiger partial charge on any atom is 0.178 e. The van der Waals surface area contributed by atoms with Crippen LogP contribution in [0.15, 0.2) is 127 Å². The molecule has 0 bridgehead atoms. The molecule has 1 saturated heterocycles. The van der Waals surface area contributed by atoms with E-state index in [2.05, 4.69) is 134 Å². The first-order valence-corrected chi connectivity index (χ1v) is 17.7. The molecule has 1 aliphatic carbocycles. The van der Waals surface area contributed by atoms with Gasteiger partial charge in [0.15, 0.2) is 5.60 Å². The fourth-order valence-electron chi connectivity index (χ4n) is 8.24. The van der Waals surface area contributed by atoms with Crippen molar-refractivity contribution in [3.05, 3.63) is 166 Å². The van der Waals surface area contributed by atoms with Gasteiger partial charge in [0.25, 0.3) is 0 Å². The van der Waals surface area contributed by atoms with Crippen LogP contribution >= 0.6 is 0 Å². The molecule has 0 spiro atoms. The molecule has 1 atom stereocenters. The Morgan fingerprint density at radius 3 is 2.10 bits per heavy atom. The van der Waals surface area contributed by atoms with Crippen LogP contribution in [0.2, 0.25) is 0 Å². The molecule has 9 rings (SSSR count). The van der Waals surface area contributed by atoms with Crippen LogP contribution in [0.4, 0.5) is 5.69 Å². The summed E-state index contributed by atoms with van der Waals surface area (Å²) in [6, 6.07) is 42.8. The summed E-state index contributed by atoms with van der Waals surface area (Å²) in [7, 11) is 1.70. The minimum absolute atomic E-state index is 0.281. The molecule has 1 unspecified atom stereocenters. The summed E-state index contributed by atoms with van der Waals surface area (Å²) in [5, 5.41) is 2.30. The summed E-state index contributed by atoms with van der Waals surface area (Å²) in [5.41, 5.74) is 10.5. The molecule has 0 radical (unpaired) electrons. The minimum atomic E-state index is -0.852. The number of fused-ring (bicyclic) bond motifs is 8. The predicted molar refractivity (Wildman–Crippen MR) is 207 cm³/mol. The first kappa shape index (κ1) is 31.2. The Labute approximate surface area is 299 Å². The second-order valence-electron chi connectivity index (χ2n) is 14.1. The van der Waals surface area contributed by atoms with E-state index in [1.807, 2.05) is 30.3 Å². The smallest absolute Gasteiger partial charge is 0.178 e. The van der Waals surface area contributed by atoms with Crippen LogP contribution in [0.25, 0.3) is 28.0 Å². The van der Waals surface area contributed by atoms with Gasteiger partial charge in [-0.05, 0) is 82.2 Å². The summed E-state index contributed by atoms with van der Waals surface area (Å²) < 4.78 is 18.7. The van der Waals surface area contributed by atoms with Gasteiger partial charge in [-0.3, -0.25) is 0 Å². The molecule has 0 saturated carbocycles. The highest BCUT2D eigenvalue weighted by Gasteiger charge is 2.44. The maximum atomic E-state index is 7.51. The zero-order valence-corrected chi connectivity index (χ0v) is 29.2. The van der Waals surface area contributed by atoms with E-state index >= 15 is 0 Å². The van der Waals surface area contributed by atoms with Crippen molar-refractivity contribution in [2.45, 2.75) is 24.9 Å². The number of hydrogen-bond acceptors (Lipinski definition) is 4. The summed E-state index contributed by atoms with van der Waals surface area (Å²) >= 11 is 0. The first-order chi connectivity index (χ1) is 25.0. The van der Waals surface area contributed by atoms with Gasteiger partial charge in [0.1, 0.15) is 11.5 Å². The highest BCUT2D eigenvalue weighted by molar-refractivity contribution is 6.08. The molecule has 0 amide bonds. The molecular weight excluding hydrogens is 627 g/mol. The third-order valence-electron chi connectivity index (χ3n) is 10.9. The number of hydrogen-bond donors (Lipinski definition) is 0. The van der Waals surface area contributed by atoms with Gasteiger partial charge in [0, 0.05) is 57.4 Å². The van der Waals surface area contributed by atoms with Gasteiger partial charge in [0.2, 0.25) is 0 Å². The summed E-state index contributed by atoms with van der Waals surface area (Å²) in [5.74, 6) is 8.50. The van der Waals surface area contributed by atoms with Gasteiger partial charge in [-0.25, -0.2) is 0 Å². The first-order valence-electron chi connectivity index (χ1n) is 17.7. The van der Waals surface area contributed by atoms with Crippen LogP contribution in [0.3, 0.4) is 0 Å². The number of anilines is 1. The zero-order valence-electron chi connectivity index (χ0n) is 29.2. The summed E-state index contributed by atoms with van der Waals surface area (Å²) in [4.78, 5) is 2.38. The molecule has 2 heterocycles. The van der Waals surface area contributed by atoms with Gasteiger partial charge in [-0.15, -0.1) is 0 Å². The average Bonchev–Trinajstić information content (AvgIpc) is 3.43. The summed E-state index contributed by atoms with van der Waals surface area (Å²) in [6.45, 7) is 7.96. The van der Waals surface area contributed by atoms with Gasteiger partial charge in [0.05, 0.1) is 20.3 Å². The van der Waals surface area contributed by atoms with Gasteiger partial charge in [-0.2, -0.15) is 0 Å². The molecule has 2 aliphatic heterocycles. The zero-order chi connectivity index (χ0) is 34.6. The lowest BCUT2D eigenvalue weighted by atomic mass is 9.76. The van der Waals surface area contributed by atoms with Gasteiger partial charge >= 0.3 is 0 Å². The van der Waals surface area contributed by atoms with Gasteiger partial charge in [-0.1, -0.05) is 105 Å². The fraction of sp³-hybridized carbons (Fsp3) is 0.191. The van der Waals surface area contributed by atoms with E-state index in [0.717, 1.165) is 71.0 Å². The molecule has 6 aromatic carbocycles. The van der Waals surface area contributed by atoms with Crippen LogP contribution in [-0.2, 0) is 15.8 Å². The third-order valence-corrected chi connectivity index (χ3v) is 10.9. The molecule has 4 heteroatoms. The maximum absolute atomic E-state index is 7.51. The van der Waals surface area contributed by atoms with Crippen LogP contribution in [0.1, 0.15) is 52.8 Å². The molecule has 0 aromatic heterocycles. The van der Waals surface area contributed by atoms with Crippen LogP contribution in [-0.4, -0.2) is 33.4 Å². The highest BCUT2D eigenvalue weighted by Crippen LogP contribution is 2.58. The van der Waals surface area contributed by atoms with Gasteiger partial charge < -0.3 is 19.1 Å². The Kier molecular flexibility index (Phi) is 7.49. The predicted octanol–water partition coefficient (Wildman–Crippen LogP) is 9.74. The van der Waals surface area contributed by atoms with Crippen molar-refractivity contribution in [2.75, 3.05) is 38.3 Å². The monoisotopic (exact) mass is 665 g/mol. The largest absolute Gasteiger partial charge is 0.497 e. The molecule has 0 N–H and O–H groups in total. The van der Waals surface area contributed by atoms with Crippen molar-refractivity contribution >= 4 is 22.5 Å². The molecule has 4 nitrogen and oxygen atoms in total. The van der Waals surface area contributed by atoms with E-state index in [1.54, 1.807) is 7.11 Å². The van der Waals surface area contributed by atoms with E-state index in [1.165, 1.54) is 33.3 Å². The lowest BCUT2D eigenvalue weighted by Crippen LogP contribution is -2.37. The topological polar surface area (TPSA) is 30.9 Å². The standard InChI is InChI=1S/C47H39NO3/c1-46(2)42-31-33(14-13-32-9-5-4-6-10-32)15-24-40(42)43-38-11-7-8-12-39(38)45-41(44(43)46)25-26-47(51-45,35-18-22-37(49-3)23-19-35)34-16-20-36(21-17-34)48-27-29-50-30-28-48/h4-12,15-26,31H,27-30H2,1-3H3. The van der Waals surface area contributed by atoms with E-state index in [4.69, 9.17) is 14.2 Å². The Morgan fingerprint density at radius 2 is 1.37 bits per heavy atom. The average molecular weight is 666 g/mol. The second kappa shape index (κ2) is 12.2. The Balaban J connectivity index is 1.20. The molecule has 6 aromatic rings. The van der Waals surface area contributed by atoms with Crippen LogP contribution in [0, 0.1) is 11.8 Å². The molecule has 1 fully saturated rings. The number of nitrogens with zero attached hydrogens (tertiary/aromatic N) is 1. The number of ether oxygens (including phenoxy) is 3. The Bertz CT molecular complexity index is 2370. The highest BCUT2D eigenvalue weighted by atomic mass is 16.5. The van der Waals surface area contributed by atoms with E-state index < -0.39 is 5.60 Å². The number of rotatable bonds is 4. The van der Waals surface area contributed by atoms with Crippen molar-refractivity contribution in [2.24, 2.45) is 0 Å². The quantitative estimate of drug-likeness (QED) is 0.176. The van der Waals surface area contributed by atoms with Crippen molar-refractivity contribution in [1.82, 2.24) is 0 Å². The summed E-state index contributed by atoms with van der Waals surface area (Å²) in [6.07, 6.45) is 4.57. The molecule has 250 valence electrons. The van der Waals surface area contributed by atoms with Crippen molar-refractivity contribution in [1.29, 1.82) is 0 Å². The van der Waals surface area contributed by atoms with Crippen LogP contribution < -0.4 is 14.4 Å². The number of benzene rings is 6. The van der Waals surface area contributed by atoms with Crippen molar-refractivity contribution in [3.8, 4) is 34.5 Å². The van der Waals surface area contributed by atoms with E-state index in [0.29, 0.717) is 0 Å². The second-order valence-corrected chi connectivity index (χ2v) is 14.1. The van der Waals surface area contributed by atoms with Crippen molar-refractivity contribution < 1.29 is 14.2 Å². The Morgan fingerprint density at radius 1 is 0.706 bits per heavy atom. The number of methoxy groups -OCH3 is 1. The third kappa shape index (κ3) is 5.11. The van der Waals surface area contributed by atoms with E-state index in [-0.39, 0.29) is 5.41 Å². The lowest BCUT2D eigenvalue weighted by molar-refractivity contribution is 0.122. The number of morpholine rings is 1. The minimum Gasteiger partial charge on any atom is -0.497 e. The SMILES string of the molecule is COc1ccc(C2(c3ccc(N4CCOCC4)cc3)C=Cc3c4c(c5ccccc5c3O2)-c2ccc(C#Cc3ccccc3)cc2C4(C)C)cc1. The van der Waals surface area contributed by atoms with Crippen LogP contribution in [0.5, 0.6) is 11.5 Å². The Hall–Kier alpha value is -5.76. The molecule has 3 aliphatic rings.